The van der Waals surface area contributed by atoms with Crippen LogP contribution in [0.5, 0.6) is 5.75 Å². The summed E-state index contributed by atoms with van der Waals surface area (Å²) in [6.45, 7) is 11.2. The summed E-state index contributed by atoms with van der Waals surface area (Å²) < 4.78 is 32.9. The molecule has 1 N–H and O–H groups in total. The number of carbonyl (C=O) groups is 2. The minimum absolute atomic E-state index is 0.0312. The highest BCUT2D eigenvalue weighted by Crippen LogP contribution is 2.40. The third-order valence-electron chi connectivity index (χ3n) is 7.17. The Kier molecular flexibility index (Phi) is 8.74. The zero-order valence-corrected chi connectivity index (χ0v) is 26.3. The molecule has 3 aromatic rings. The molecule has 1 saturated carbocycles. The average molecular weight is 611 g/mol. The van der Waals surface area contributed by atoms with Crippen molar-refractivity contribution in [3.8, 4) is 17.2 Å². The number of aromatic nitrogens is 2. The van der Waals surface area contributed by atoms with Gasteiger partial charge in [0.1, 0.15) is 23.2 Å². The van der Waals surface area contributed by atoms with E-state index in [1.807, 2.05) is 45.0 Å². The first-order valence-electron chi connectivity index (χ1n) is 14.6. The van der Waals surface area contributed by atoms with Gasteiger partial charge in [0.2, 0.25) is 5.89 Å². The van der Waals surface area contributed by atoms with E-state index >= 15 is 4.39 Å². The zero-order valence-electron chi connectivity index (χ0n) is 25.5. The summed E-state index contributed by atoms with van der Waals surface area (Å²) >= 11 is 1.28. The lowest BCUT2D eigenvalue weighted by Gasteiger charge is -2.27. The maximum absolute atomic E-state index is 15.5. The highest BCUT2D eigenvalue weighted by atomic mass is 32.2. The summed E-state index contributed by atoms with van der Waals surface area (Å²) in [6.07, 6.45) is 4.01. The number of hydrogen-bond acceptors (Lipinski definition) is 8. The molecule has 9 nitrogen and oxygen atoms in total. The van der Waals surface area contributed by atoms with Gasteiger partial charge in [-0.15, -0.1) is 22.0 Å². The molecule has 0 spiro atoms. The van der Waals surface area contributed by atoms with Crippen LogP contribution in [0.15, 0.2) is 45.7 Å². The van der Waals surface area contributed by atoms with Gasteiger partial charge in [-0.25, -0.2) is 9.18 Å². The van der Waals surface area contributed by atoms with Gasteiger partial charge < -0.3 is 24.1 Å². The number of fused-ring (bicyclic) bond motifs is 1. The highest BCUT2D eigenvalue weighted by molar-refractivity contribution is 7.99. The van der Waals surface area contributed by atoms with Gasteiger partial charge in [0.05, 0.1) is 23.9 Å². The monoisotopic (exact) mass is 610 g/mol. The van der Waals surface area contributed by atoms with Gasteiger partial charge in [0.25, 0.3) is 11.8 Å². The van der Waals surface area contributed by atoms with Crippen LogP contribution in [0.3, 0.4) is 0 Å². The quantitative estimate of drug-likeness (QED) is 0.317. The fraction of sp³-hybridized carbons (Fsp3) is 0.500. The molecule has 11 heteroatoms. The fourth-order valence-corrected chi connectivity index (χ4v) is 6.07. The van der Waals surface area contributed by atoms with E-state index in [0.717, 1.165) is 24.2 Å². The van der Waals surface area contributed by atoms with Crippen molar-refractivity contribution in [2.24, 2.45) is 0 Å². The van der Waals surface area contributed by atoms with E-state index in [1.54, 1.807) is 31.7 Å². The molecule has 1 aliphatic heterocycles. The number of amides is 2. The van der Waals surface area contributed by atoms with Gasteiger partial charge in [-0.3, -0.25) is 4.79 Å². The van der Waals surface area contributed by atoms with Crippen LogP contribution in [0.25, 0.3) is 11.5 Å². The molecule has 0 saturated heterocycles. The number of anilines is 1. The number of hydrogen-bond donors (Lipinski definition) is 1. The van der Waals surface area contributed by atoms with Gasteiger partial charge in [-0.1, -0.05) is 32.9 Å². The summed E-state index contributed by atoms with van der Waals surface area (Å²) in [5.74, 6) is 0.498. The van der Waals surface area contributed by atoms with Gasteiger partial charge in [-0.2, -0.15) is 0 Å². The maximum Gasteiger partial charge on any atom is 0.408 e. The normalized spacial score (nSPS) is 17.9. The van der Waals surface area contributed by atoms with E-state index < -0.39 is 29.0 Å². The summed E-state index contributed by atoms with van der Waals surface area (Å²) in [5.41, 5.74) is 0.282. The van der Waals surface area contributed by atoms with Crippen molar-refractivity contribution < 1.29 is 27.9 Å². The summed E-state index contributed by atoms with van der Waals surface area (Å²) in [6, 6.07) is 9.70. The van der Waals surface area contributed by atoms with Crippen molar-refractivity contribution >= 4 is 29.4 Å². The number of nitrogens with one attached hydrogen (secondary N) is 1. The molecule has 1 aromatic heterocycles. The Morgan fingerprint density at radius 2 is 1.79 bits per heavy atom. The van der Waals surface area contributed by atoms with Crippen molar-refractivity contribution in [3.05, 3.63) is 53.7 Å². The highest BCUT2D eigenvalue weighted by Gasteiger charge is 2.35. The molecule has 2 amide bonds. The first kappa shape index (κ1) is 30.8. The van der Waals surface area contributed by atoms with E-state index in [1.165, 1.54) is 30.7 Å². The molecule has 1 atom stereocenters. The molecule has 1 aliphatic carbocycles. The van der Waals surface area contributed by atoms with Gasteiger partial charge in [-0.05, 0) is 76.3 Å². The molecule has 1 fully saturated rings. The van der Waals surface area contributed by atoms with Crippen LogP contribution >= 0.6 is 11.8 Å². The SMILES string of the molecule is CC(C)(C)OC(=O)N[C@H]1CSc2cc(F)c(-c3nnc(C(C)(C)C)o3)cc2N(Cc2ccc(OC3CCCC3)cc2)C1=O. The van der Waals surface area contributed by atoms with E-state index in [-0.39, 0.29) is 35.8 Å². The minimum atomic E-state index is -0.903. The second kappa shape index (κ2) is 12.2. The number of alkyl carbamates (subject to hydrolysis) is 1. The van der Waals surface area contributed by atoms with Crippen LogP contribution in [-0.4, -0.2) is 45.7 Å². The smallest absolute Gasteiger partial charge is 0.408 e. The minimum Gasteiger partial charge on any atom is -0.490 e. The standard InChI is InChI=1S/C32H39FN4O5S/c1-31(2,3)29-36-35-27(41-29)22-15-25-26(16-23(22)33)43-18-24(34-30(39)42-32(4,5)6)28(38)37(25)17-19-11-13-21(14-12-19)40-20-9-7-8-10-20/h11-16,20,24H,7-10,17-18H2,1-6H3,(H,34,39)/t24-/m0/s1. The Hall–Kier alpha value is -3.60. The van der Waals surface area contributed by atoms with Crippen LogP contribution in [0, 0.1) is 5.82 Å². The van der Waals surface area contributed by atoms with Crippen LogP contribution < -0.4 is 15.0 Å². The van der Waals surface area contributed by atoms with Crippen molar-refractivity contribution in [1.82, 2.24) is 15.5 Å². The first-order valence-corrected chi connectivity index (χ1v) is 15.6. The molecule has 2 heterocycles. The number of rotatable bonds is 6. The van der Waals surface area contributed by atoms with E-state index in [0.29, 0.717) is 16.5 Å². The number of halogens is 1. The number of thioether (sulfide) groups is 1. The van der Waals surface area contributed by atoms with Crippen molar-refractivity contribution in [2.75, 3.05) is 10.7 Å². The van der Waals surface area contributed by atoms with Gasteiger partial charge >= 0.3 is 6.09 Å². The van der Waals surface area contributed by atoms with Crippen molar-refractivity contribution in [3.63, 3.8) is 0 Å². The zero-order chi connectivity index (χ0) is 30.9. The van der Waals surface area contributed by atoms with E-state index in [2.05, 4.69) is 15.5 Å². The first-order chi connectivity index (χ1) is 20.3. The van der Waals surface area contributed by atoms with Gasteiger partial charge in [0.15, 0.2) is 0 Å². The number of nitrogens with zero attached hydrogens (tertiary/aromatic N) is 3. The molecular formula is C32H39FN4O5S. The predicted octanol–water partition coefficient (Wildman–Crippen LogP) is 7.03. The summed E-state index contributed by atoms with van der Waals surface area (Å²) in [4.78, 5) is 28.8. The molecule has 2 aliphatic rings. The molecule has 0 bridgehead atoms. The molecule has 43 heavy (non-hydrogen) atoms. The molecule has 0 radical (unpaired) electrons. The Morgan fingerprint density at radius 1 is 1.09 bits per heavy atom. The molecule has 5 rings (SSSR count). The Balaban J connectivity index is 1.48. The van der Waals surface area contributed by atoms with E-state index in [9.17, 15) is 9.59 Å². The van der Waals surface area contributed by atoms with Crippen LogP contribution in [0.2, 0.25) is 0 Å². The summed E-state index contributed by atoms with van der Waals surface area (Å²) in [5, 5.41) is 10.9. The Labute approximate surface area is 255 Å². The number of benzene rings is 2. The molecule has 0 unspecified atom stereocenters. The average Bonchev–Trinajstić information content (AvgIpc) is 3.60. The fourth-order valence-electron chi connectivity index (χ4n) is 4.99. The largest absolute Gasteiger partial charge is 0.490 e. The van der Waals surface area contributed by atoms with Crippen LogP contribution in [0.4, 0.5) is 14.9 Å². The second-order valence-corrected chi connectivity index (χ2v) is 14.1. The Morgan fingerprint density at radius 3 is 2.42 bits per heavy atom. The molecule has 230 valence electrons. The number of ether oxygens (including phenoxy) is 2. The second-order valence-electron chi connectivity index (χ2n) is 13.1. The van der Waals surface area contributed by atoms with Crippen LogP contribution in [-0.2, 0) is 21.5 Å². The lowest BCUT2D eigenvalue weighted by molar-refractivity contribution is -0.120. The molecule has 2 aromatic carbocycles. The lowest BCUT2D eigenvalue weighted by atomic mass is 9.97. The third-order valence-corrected chi connectivity index (χ3v) is 8.30. The number of carbonyl (C=O) groups excluding carboxylic acids is 2. The predicted molar refractivity (Wildman–Crippen MR) is 163 cm³/mol. The van der Waals surface area contributed by atoms with Gasteiger partial charge in [0, 0.05) is 16.1 Å². The van der Waals surface area contributed by atoms with Crippen molar-refractivity contribution in [2.45, 2.75) is 102 Å². The van der Waals surface area contributed by atoms with Crippen molar-refractivity contribution in [1.29, 1.82) is 0 Å². The Bertz CT molecular complexity index is 1470. The molecular weight excluding hydrogens is 571 g/mol. The lowest BCUT2D eigenvalue weighted by Crippen LogP contribution is -2.50. The topological polar surface area (TPSA) is 107 Å². The van der Waals surface area contributed by atoms with Crippen LogP contribution in [0.1, 0.15) is 78.7 Å². The maximum atomic E-state index is 15.5. The van der Waals surface area contributed by atoms with E-state index in [4.69, 9.17) is 13.9 Å². The third kappa shape index (κ3) is 7.49. The summed E-state index contributed by atoms with van der Waals surface area (Å²) in [7, 11) is 0.